The zero-order valence-corrected chi connectivity index (χ0v) is 10.3. The van der Waals surface area contributed by atoms with Gasteiger partial charge in [-0.05, 0) is 31.9 Å². The predicted molar refractivity (Wildman–Crippen MR) is 66.3 cm³/mol. The SMILES string of the molecule is CC1CC(CN)CN1Cc1cccnc1Cl. The van der Waals surface area contributed by atoms with E-state index in [1.807, 2.05) is 12.1 Å². The second-order valence-corrected chi connectivity index (χ2v) is 4.93. The number of rotatable bonds is 3. The second kappa shape index (κ2) is 5.13. The second-order valence-electron chi connectivity index (χ2n) is 4.57. The van der Waals surface area contributed by atoms with Gasteiger partial charge in [0.05, 0.1) is 0 Å². The van der Waals surface area contributed by atoms with Crippen molar-refractivity contribution in [1.29, 1.82) is 0 Å². The third-order valence-electron chi connectivity index (χ3n) is 3.33. The van der Waals surface area contributed by atoms with Crippen LogP contribution in [-0.2, 0) is 6.54 Å². The average Bonchev–Trinajstić information content (AvgIpc) is 2.63. The van der Waals surface area contributed by atoms with Gasteiger partial charge in [-0.25, -0.2) is 4.98 Å². The summed E-state index contributed by atoms with van der Waals surface area (Å²) in [7, 11) is 0. The third-order valence-corrected chi connectivity index (χ3v) is 3.67. The minimum atomic E-state index is 0.588. The van der Waals surface area contributed by atoms with Gasteiger partial charge in [-0.15, -0.1) is 0 Å². The highest BCUT2D eigenvalue weighted by molar-refractivity contribution is 6.30. The molecule has 3 nitrogen and oxygen atoms in total. The van der Waals surface area contributed by atoms with Crippen molar-refractivity contribution in [2.45, 2.75) is 25.9 Å². The number of nitrogens with zero attached hydrogens (tertiary/aromatic N) is 2. The van der Waals surface area contributed by atoms with E-state index >= 15 is 0 Å². The van der Waals surface area contributed by atoms with E-state index in [-0.39, 0.29) is 0 Å². The van der Waals surface area contributed by atoms with Gasteiger partial charge in [0.15, 0.2) is 0 Å². The summed E-state index contributed by atoms with van der Waals surface area (Å²) >= 11 is 6.06. The third kappa shape index (κ3) is 2.54. The first-order valence-corrected chi connectivity index (χ1v) is 6.12. The Morgan fingerprint density at radius 3 is 3.06 bits per heavy atom. The van der Waals surface area contributed by atoms with Crippen molar-refractivity contribution in [2.75, 3.05) is 13.1 Å². The van der Waals surface area contributed by atoms with Gasteiger partial charge in [0.25, 0.3) is 0 Å². The van der Waals surface area contributed by atoms with E-state index in [1.165, 1.54) is 6.42 Å². The van der Waals surface area contributed by atoms with Gasteiger partial charge < -0.3 is 5.73 Å². The molecule has 0 aromatic carbocycles. The lowest BCUT2D eigenvalue weighted by Crippen LogP contribution is -2.27. The average molecular weight is 240 g/mol. The highest BCUT2D eigenvalue weighted by Gasteiger charge is 2.28. The summed E-state index contributed by atoms with van der Waals surface area (Å²) in [5.41, 5.74) is 6.82. The minimum Gasteiger partial charge on any atom is -0.330 e. The molecule has 1 aliphatic rings. The molecule has 1 saturated heterocycles. The highest BCUT2D eigenvalue weighted by Crippen LogP contribution is 2.25. The van der Waals surface area contributed by atoms with Gasteiger partial charge in [0.2, 0.25) is 0 Å². The maximum absolute atomic E-state index is 6.06. The van der Waals surface area contributed by atoms with Crippen molar-refractivity contribution in [3.63, 3.8) is 0 Å². The lowest BCUT2D eigenvalue weighted by Gasteiger charge is -2.21. The molecule has 0 radical (unpaired) electrons. The maximum Gasteiger partial charge on any atom is 0.133 e. The summed E-state index contributed by atoms with van der Waals surface area (Å²) in [6, 6.07) is 4.56. The Bertz CT molecular complexity index is 356. The summed E-state index contributed by atoms with van der Waals surface area (Å²) in [6.07, 6.45) is 2.91. The Morgan fingerprint density at radius 1 is 1.62 bits per heavy atom. The minimum absolute atomic E-state index is 0.588. The molecule has 1 fully saturated rings. The molecule has 2 N–H and O–H groups in total. The zero-order valence-electron chi connectivity index (χ0n) is 9.56. The first kappa shape index (κ1) is 11.8. The first-order chi connectivity index (χ1) is 7.70. The van der Waals surface area contributed by atoms with Crippen LogP contribution in [0.2, 0.25) is 5.15 Å². The number of aromatic nitrogens is 1. The fraction of sp³-hybridized carbons (Fsp3) is 0.583. The lowest BCUT2D eigenvalue weighted by atomic mass is 10.1. The summed E-state index contributed by atoms with van der Waals surface area (Å²) in [5.74, 6) is 0.630. The van der Waals surface area contributed by atoms with Crippen LogP contribution in [0.15, 0.2) is 18.3 Å². The highest BCUT2D eigenvalue weighted by atomic mass is 35.5. The summed E-state index contributed by atoms with van der Waals surface area (Å²) < 4.78 is 0. The van der Waals surface area contributed by atoms with Gasteiger partial charge in [0, 0.05) is 30.9 Å². The van der Waals surface area contributed by atoms with E-state index in [1.54, 1.807) is 6.20 Å². The quantitative estimate of drug-likeness (QED) is 0.820. The Morgan fingerprint density at radius 2 is 2.44 bits per heavy atom. The van der Waals surface area contributed by atoms with Crippen LogP contribution in [0.25, 0.3) is 0 Å². The first-order valence-electron chi connectivity index (χ1n) is 5.74. The molecule has 2 atom stereocenters. The van der Waals surface area contributed by atoms with Crippen molar-refractivity contribution < 1.29 is 0 Å². The van der Waals surface area contributed by atoms with Crippen molar-refractivity contribution >= 4 is 11.6 Å². The molecule has 0 spiro atoms. The van der Waals surface area contributed by atoms with E-state index in [4.69, 9.17) is 17.3 Å². The molecule has 0 saturated carbocycles. The van der Waals surface area contributed by atoms with Crippen LogP contribution in [-0.4, -0.2) is 29.0 Å². The molecular weight excluding hydrogens is 222 g/mol. The van der Waals surface area contributed by atoms with Gasteiger partial charge in [-0.2, -0.15) is 0 Å². The summed E-state index contributed by atoms with van der Waals surface area (Å²) in [4.78, 5) is 6.53. The maximum atomic E-state index is 6.06. The number of hydrogen-bond donors (Lipinski definition) is 1. The van der Waals surface area contributed by atoms with Crippen LogP contribution in [0.1, 0.15) is 18.9 Å². The molecule has 1 aromatic heterocycles. The van der Waals surface area contributed by atoms with E-state index in [2.05, 4.69) is 16.8 Å². The van der Waals surface area contributed by atoms with Crippen molar-refractivity contribution in [3.8, 4) is 0 Å². The number of hydrogen-bond acceptors (Lipinski definition) is 3. The van der Waals surface area contributed by atoms with E-state index < -0.39 is 0 Å². The lowest BCUT2D eigenvalue weighted by molar-refractivity contribution is 0.255. The van der Waals surface area contributed by atoms with Crippen molar-refractivity contribution in [1.82, 2.24) is 9.88 Å². The fourth-order valence-electron chi connectivity index (χ4n) is 2.36. The number of halogens is 1. The Balaban J connectivity index is 2.03. The smallest absolute Gasteiger partial charge is 0.133 e. The molecule has 1 aliphatic heterocycles. The molecular formula is C12H18ClN3. The Labute approximate surface area is 102 Å². The van der Waals surface area contributed by atoms with E-state index in [0.29, 0.717) is 17.1 Å². The van der Waals surface area contributed by atoms with Crippen LogP contribution >= 0.6 is 11.6 Å². The molecule has 16 heavy (non-hydrogen) atoms. The fourth-order valence-corrected chi connectivity index (χ4v) is 2.54. The number of likely N-dealkylation sites (tertiary alicyclic amines) is 1. The molecule has 88 valence electrons. The molecule has 1 aromatic rings. The zero-order chi connectivity index (χ0) is 11.5. The van der Waals surface area contributed by atoms with E-state index in [9.17, 15) is 0 Å². The predicted octanol–water partition coefficient (Wildman–Crippen LogP) is 1.90. The monoisotopic (exact) mass is 239 g/mol. The Hall–Kier alpha value is -0.640. The Kier molecular flexibility index (Phi) is 3.79. The van der Waals surface area contributed by atoms with Gasteiger partial charge in [0.1, 0.15) is 5.15 Å². The summed E-state index contributed by atoms with van der Waals surface area (Å²) in [5, 5.41) is 0.617. The molecule has 2 heterocycles. The van der Waals surface area contributed by atoms with Gasteiger partial charge in [-0.1, -0.05) is 17.7 Å². The molecule has 2 rings (SSSR count). The van der Waals surface area contributed by atoms with E-state index in [0.717, 1.165) is 25.2 Å². The van der Waals surface area contributed by atoms with Gasteiger partial charge in [-0.3, -0.25) is 4.90 Å². The van der Waals surface area contributed by atoms with Crippen LogP contribution < -0.4 is 5.73 Å². The topological polar surface area (TPSA) is 42.1 Å². The van der Waals surface area contributed by atoms with Crippen LogP contribution in [0.3, 0.4) is 0 Å². The number of pyridine rings is 1. The van der Waals surface area contributed by atoms with Crippen molar-refractivity contribution in [2.24, 2.45) is 11.7 Å². The molecule has 4 heteroatoms. The molecule has 0 bridgehead atoms. The largest absolute Gasteiger partial charge is 0.330 e. The number of nitrogens with two attached hydrogens (primary N) is 1. The van der Waals surface area contributed by atoms with Crippen molar-refractivity contribution in [3.05, 3.63) is 29.0 Å². The molecule has 0 aliphatic carbocycles. The molecule has 0 amide bonds. The van der Waals surface area contributed by atoms with Crippen LogP contribution in [0, 0.1) is 5.92 Å². The normalized spacial score (nSPS) is 26.2. The molecule has 2 unspecified atom stereocenters. The standard InChI is InChI=1S/C12H18ClN3/c1-9-5-10(6-14)7-16(9)8-11-3-2-4-15-12(11)13/h2-4,9-10H,5-8,14H2,1H3. The summed E-state index contributed by atoms with van der Waals surface area (Å²) in [6.45, 7) is 4.98. The van der Waals surface area contributed by atoms with Crippen LogP contribution in [0.5, 0.6) is 0 Å². The van der Waals surface area contributed by atoms with Crippen LogP contribution in [0.4, 0.5) is 0 Å². The van der Waals surface area contributed by atoms with Gasteiger partial charge >= 0.3 is 0 Å².